The molecule has 19 nitrogen and oxygen atoms in total. The summed E-state index contributed by atoms with van der Waals surface area (Å²) in [5.74, 6) is -2.36. The summed E-state index contributed by atoms with van der Waals surface area (Å²) >= 11 is 6.24. The molecule has 0 radical (unpaired) electrons. The van der Waals surface area contributed by atoms with E-state index in [1.807, 2.05) is 0 Å². The number of anilines is 6. The number of ketones is 2. The number of aromatic nitrogens is 3. The maximum atomic E-state index is 14.1. The molecular weight excluding hydrogens is 888 g/mol. The second-order valence-electron chi connectivity index (χ2n) is 13.4. The van der Waals surface area contributed by atoms with Gasteiger partial charge in [-0.2, -0.15) is 31.8 Å². The molecule has 60 heavy (non-hydrogen) atoms. The van der Waals surface area contributed by atoms with Crippen molar-refractivity contribution < 1.29 is 56.5 Å². The standard InChI is InChI=1S/C36H33ClN6O13S4/c1-17-26(57(5,46)47)16-25(28-27(17)31(44)23-8-6-7-9-24(23)32(28)45)39-29-18(2)30(20(4)33(19(29)3)59(50,51)52)40-36-42-34(37)41-35(43-36)38-21-10-12-22(13-11-21)58(48,49)15-14-56-60(53,54)55/h6-13,16,39H,14-15H2,1-5H3,(H,50,51,52)(H,53,54,55)(H2,38,40,41,42,43). The molecule has 5 N–H and O–H groups in total. The van der Waals surface area contributed by atoms with Crippen molar-refractivity contribution in [3.8, 4) is 0 Å². The molecule has 1 aliphatic rings. The van der Waals surface area contributed by atoms with Gasteiger partial charge in [0, 0.05) is 34.3 Å². The number of fused-ring (bicyclic) bond motifs is 2. The summed E-state index contributed by atoms with van der Waals surface area (Å²) in [5, 5.41) is 8.38. The van der Waals surface area contributed by atoms with E-state index in [-0.39, 0.29) is 94.2 Å². The average molecular weight is 921 g/mol. The number of hydrogen-bond donors (Lipinski definition) is 5. The summed E-state index contributed by atoms with van der Waals surface area (Å²) in [4.78, 5) is 39.3. The molecule has 4 aromatic carbocycles. The second-order valence-corrected chi connectivity index (χ2v) is 20.3. The first-order chi connectivity index (χ1) is 27.8. The molecule has 5 aromatic rings. The maximum absolute atomic E-state index is 14.1. The first kappa shape index (κ1) is 44.2. The van der Waals surface area contributed by atoms with E-state index >= 15 is 0 Å². The predicted molar refractivity (Wildman–Crippen MR) is 219 cm³/mol. The van der Waals surface area contributed by atoms with Crippen molar-refractivity contribution in [3.05, 3.63) is 104 Å². The van der Waals surface area contributed by atoms with Crippen LogP contribution in [0, 0.1) is 27.7 Å². The predicted octanol–water partition coefficient (Wildman–Crippen LogP) is 5.01. The molecule has 0 aliphatic heterocycles. The van der Waals surface area contributed by atoms with Gasteiger partial charge in [-0.05, 0) is 91.9 Å². The number of carbonyl (C=O) groups is 2. The molecule has 0 fully saturated rings. The Morgan fingerprint density at radius 3 is 1.75 bits per heavy atom. The normalized spacial score (nSPS) is 13.1. The van der Waals surface area contributed by atoms with Crippen molar-refractivity contribution in [1.29, 1.82) is 0 Å². The smallest absolute Gasteiger partial charge is 0.354 e. The molecule has 0 spiro atoms. The van der Waals surface area contributed by atoms with Crippen LogP contribution in [-0.2, 0) is 44.4 Å². The number of carbonyl (C=O) groups excluding carboxylic acids is 2. The highest BCUT2D eigenvalue weighted by Gasteiger charge is 2.36. The fourth-order valence-electron chi connectivity index (χ4n) is 6.82. The number of nitrogens with one attached hydrogen (secondary N) is 3. The van der Waals surface area contributed by atoms with Gasteiger partial charge >= 0.3 is 10.4 Å². The molecule has 0 unspecified atom stereocenters. The van der Waals surface area contributed by atoms with Gasteiger partial charge in [-0.3, -0.25) is 18.7 Å². The lowest BCUT2D eigenvalue weighted by molar-refractivity contribution is 0.0979. The third kappa shape index (κ3) is 8.88. The van der Waals surface area contributed by atoms with Gasteiger partial charge in [-0.1, -0.05) is 24.3 Å². The second kappa shape index (κ2) is 15.9. The minimum absolute atomic E-state index is 0.00146. The van der Waals surface area contributed by atoms with Gasteiger partial charge < -0.3 is 16.0 Å². The van der Waals surface area contributed by atoms with Gasteiger partial charge in [-0.25, -0.2) is 21.0 Å². The van der Waals surface area contributed by atoms with Crippen molar-refractivity contribution in [3.63, 3.8) is 0 Å². The third-order valence-electron chi connectivity index (χ3n) is 9.41. The molecule has 24 heteroatoms. The van der Waals surface area contributed by atoms with Crippen LogP contribution < -0.4 is 16.0 Å². The van der Waals surface area contributed by atoms with Crippen LogP contribution >= 0.6 is 11.6 Å². The molecule has 316 valence electrons. The molecule has 0 amide bonds. The fraction of sp³-hybridized carbons (Fsp3) is 0.194. The lowest BCUT2D eigenvalue weighted by Gasteiger charge is -2.26. The highest BCUT2D eigenvalue weighted by molar-refractivity contribution is 7.91. The summed E-state index contributed by atoms with van der Waals surface area (Å²) in [6.07, 6.45) is 0.938. The van der Waals surface area contributed by atoms with Crippen LogP contribution in [0.3, 0.4) is 0 Å². The van der Waals surface area contributed by atoms with E-state index in [1.54, 1.807) is 19.1 Å². The Kier molecular flexibility index (Phi) is 11.7. The highest BCUT2D eigenvalue weighted by Crippen LogP contribution is 2.43. The van der Waals surface area contributed by atoms with E-state index in [1.165, 1.54) is 63.2 Å². The molecule has 6 rings (SSSR count). The number of rotatable bonds is 13. The maximum Gasteiger partial charge on any atom is 0.397 e. The van der Waals surface area contributed by atoms with E-state index in [2.05, 4.69) is 35.1 Å². The molecule has 0 saturated heterocycles. The van der Waals surface area contributed by atoms with Gasteiger partial charge in [0.15, 0.2) is 31.2 Å². The topological polar surface area (TPSA) is 295 Å². The zero-order chi connectivity index (χ0) is 44.3. The lowest BCUT2D eigenvalue weighted by atomic mass is 9.81. The fourth-order valence-corrected chi connectivity index (χ4v) is 10.4. The van der Waals surface area contributed by atoms with Crippen molar-refractivity contribution >= 4 is 98.0 Å². The van der Waals surface area contributed by atoms with E-state index in [9.17, 15) is 47.8 Å². The minimum Gasteiger partial charge on any atom is -0.354 e. The summed E-state index contributed by atoms with van der Waals surface area (Å²) in [6.45, 7) is 4.90. The van der Waals surface area contributed by atoms with Crippen LogP contribution in [0.2, 0.25) is 5.28 Å². The van der Waals surface area contributed by atoms with Gasteiger partial charge in [0.05, 0.1) is 39.1 Å². The third-order valence-corrected chi connectivity index (χ3v) is 14.1. The van der Waals surface area contributed by atoms with Gasteiger partial charge in [-0.15, -0.1) is 0 Å². The van der Waals surface area contributed by atoms with E-state index in [4.69, 9.17) is 16.2 Å². The van der Waals surface area contributed by atoms with Crippen LogP contribution in [0.5, 0.6) is 0 Å². The van der Waals surface area contributed by atoms with E-state index in [0.717, 1.165) is 6.26 Å². The van der Waals surface area contributed by atoms with E-state index < -0.39 is 69.0 Å². The van der Waals surface area contributed by atoms with Crippen molar-refractivity contribution in [1.82, 2.24) is 15.0 Å². The number of sulfone groups is 2. The molecule has 0 saturated carbocycles. The minimum atomic E-state index is -4.98. The Morgan fingerprint density at radius 2 is 1.22 bits per heavy atom. The number of benzene rings is 4. The van der Waals surface area contributed by atoms with Gasteiger partial charge in [0.25, 0.3) is 10.1 Å². The molecule has 1 aliphatic carbocycles. The Balaban J connectivity index is 1.41. The zero-order valence-corrected chi connectivity index (χ0v) is 35.9. The van der Waals surface area contributed by atoms with Gasteiger partial charge in [0.1, 0.15) is 4.90 Å². The Bertz CT molecular complexity index is 3130. The van der Waals surface area contributed by atoms with Crippen LogP contribution in [0.25, 0.3) is 0 Å². The van der Waals surface area contributed by atoms with Crippen LogP contribution in [-0.4, -0.2) is 87.9 Å². The summed E-state index contributed by atoms with van der Waals surface area (Å²) in [7, 11) is -17.9. The lowest BCUT2D eigenvalue weighted by Crippen LogP contribution is -2.25. The SMILES string of the molecule is Cc1c(Nc2nc(Cl)nc(Nc3ccc(S(=O)(=O)CCOS(=O)(=O)O)cc3)n2)c(C)c(S(=O)(=O)O)c(C)c1Nc1cc(S(C)(=O)=O)c(C)c2c1C(=O)c1ccccc1C2=O. The summed E-state index contributed by atoms with van der Waals surface area (Å²) in [5.41, 5.74) is 0.254. The Morgan fingerprint density at radius 1 is 0.683 bits per heavy atom. The monoisotopic (exact) mass is 920 g/mol. The molecule has 0 bridgehead atoms. The number of hydrogen-bond acceptors (Lipinski definition) is 17. The number of nitrogens with zero attached hydrogens (tertiary/aromatic N) is 3. The quantitative estimate of drug-likeness (QED) is 0.0951. The molecule has 1 aromatic heterocycles. The first-order valence-corrected chi connectivity index (χ1v) is 23.9. The molecule has 1 heterocycles. The Hall–Kier alpha value is -5.40. The van der Waals surface area contributed by atoms with Crippen molar-refractivity contribution in [2.75, 3.05) is 34.6 Å². The van der Waals surface area contributed by atoms with Crippen molar-refractivity contribution in [2.45, 2.75) is 42.4 Å². The van der Waals surface area contributed by atoms with Gasteiger partial charge in [0.2, 0.25) is 17.2 Å². The summed E-state index contributed by atoms with van der Waals surface area (Å²) < 4.78 is 122. The van der Waals surface area contributed by atoms with Crippen LogP contribution in [0.4, 0.5) is 34.6 Å². The zero-order valence-electron chi connectivity index (χ0n) is 31.8. The largest absolute Gasteiger partial charge is 0.397 e. The number of halogens is 1. The molecular formula is C36H33ClN6O13S4. The van der Waals surface area contributed by atoms with E-state index in [0.29, 0.717) is 0 Å². The average Bonchev–Trinajstić information content (AvgIpc) is 3.13. The highest BCUT2D eigenvalue weighted by atomic mass is 35.5. The van der Waals surface area contributed by atoms with Crippen molar-refractivity contribution in [2.24, 2.45) is 0 Å². The first-order valence-electron chi connectivity index (χ1n) is 17.1. The Labute approximate surface area is 349 Å². The van der Waals surface area contributed by atoms with Crippen LogP contribution in [0.15, 0.2) is 69.3 Å². The summed E-state index contributed by atoms with van der Waals surface area (Å²) in [6, 6.07) is 12.3. The molecule has 0 atom stereocenters. The van der Waals surface area contributed by atoms with Crippen LogP contribution in [0.1, 0.15) is 54.1 Å².